The zero-order valence-corrected chi connectivity index (χ0v) is 9.32. The van der Waals surface area contributed by atoms with Crippen molar-refractivity contribution in [3.63, 3.8) is 0 Å². The monoisotopic (exact) mass is 204 g/mol. The number of rotatable bonds is 3. The Morgan fingerprint density at radius 1 is 1.14 bits per heavy atom. The molecule has 0 spiro atoms. The van der Waals surface area contributed by atoms with Crippen LogP contribution in [0.2, 0.25) is 0 Å². The van der Waals surface area contributed by atoms with Crippen molar-refractivity contribution in [1.82, 2.24) is 4.90 Å². The quantitative estimate of drug-likeness (QED) is 0.595. The van der Waals surface area contributed by atoms with Crippen LogP contribution in [-0.4, -0.2) is 53.5 Å². The molecule has 2 atom stereocenters. The Hall–Kier alpha value is -0.160. The van der Waals surface area contributed by atoms with Crippen LogP contribution in [0.5, 0.6) is 0 Å². The van der Waals surface area contributed by atoms with Gasteiger partial charge in [0.2, 0.25) is 0 Å². The highest BCUT2D eigenvalue weighted by atomic mass is 16.3. The minimum atomic E-state index is -0.0602. The van der Waals surface area contributed by atoms with Crippen molar-refractivity contribution in [2.24, 2.45) is 5.73 Å². The number of aliphatic hydroxyl groups excluding tert-OH is 2. The third-order valence-corrected chi connectivity index (χ3v) is 2.32. The molecule has 14 heavy (non-hydrogen) atoms. The Bertz CT molecular complexity index is 125. The van der Waals surface area contributed by atoms with Gasteiger partial charge in [0.05, 0.1) is 13.2 Å². The predicted octanol–water partition coefficient (Wildman–Crippen LogP) is -0.211. The van der Waals surface area contributed by atoms with Crippen molar-refractivity contribution in [2.45, 2.75) is 38.8 Å². The molecule has 1 aliphatic heterocycles. The van der Waals surface area contributed by atoms with Gasteiger partial charge in [0.1, 0.15) is 0 Å². The Morgan fingerprint density at radius 3 is 1.86 bits per heavy atom. The first kappa shape index (κ1) is 13.8. The molecule has 1 heterocycles. The van der Waals surface area contributed by atoms with E-state index in [1.165, 1.54) is 25.9 Å². The highest BCUT2D eigenvalue weighted by Crippen LogP contribution is 2.10. The summed E-state index contributed by atoms with van der Waals surface area (Å²) in [5, 5.41) is 16.8. The normalized spacial score (nSPS) is 21.2. The van der Waals surface area contributed by atoms with E-state index < -0.39 is 0 Å². The summed E-state index contributed by atoms with van der Waals surface area (Å²) in [5.41, 5.74) is 5.04. The van der Waals surface area contributed by atoms with Crippen LogP contribution >= 0.6 is 0 Å². The highest BCUT2D eigenvalue weighted by molar-refractivity contribution is 4.71. The van der Waals surface area contributed by atoms with Crippen LogP contribution in [-0.2, 0) is 0 Å². The van der Waals surface area contributed by atoms with E-state index in [4.69, 9.17) is 15.9 Å². The van der Waals surface area contributed by atoms with Gasteiger partial charge in [-0.1, -0.05) is 0 Å². The molecule has 1 aliphatic rings. The molecule has 0 aromatic carbocycles. The van der Waals surface area contributed by atoms with Crippen LogP contribution < -0.4 is 5.73 Å². The maximum absolute atomic E-state index is 8.75. The van der Waals surface area contributed by atoms with Gasteiger partial charge in [0, 0.05) is 12.1 Å². The van der Waals surface area contributed by atoms with Crippen LogP contribution in [0.1, 0.15) is 26.7 Å². The van der Waals surface area contributed by atoms with Gasteiger partial charge in [0.25, 0.3) is 0 Å². The Labute approximate surface area is 86.7 Å². The average Bonchev–Trinajstić information content (AvgIpc) is 2.70. The summed E-state index contributed by atoms with van der Waals surface area (Å²) in [7, 11) is 0. The summed E-state index contributed by atoms with van der Waals surface area (Å²) in [6, 6.07) is 0.322. The highest BCUT2D eigenvalue weighted by Gasteiger charge is 2.16. The average molecular weight is 204 g/mol. The van der Waals surface area contributed by atoms with Crippen molar-refractivity contribution in [2.75, 3.05) is 26.3 Å². The lowest BCUT2D eigenvalue weighted by molar-refractivity contribution is 0.158. The molecule has 0 radical (unpaired) electrons. The zero-order valence-electron chi connectivity index (χ0n) is 9.32. The van der Waals surface area contributed by atoms with Gasteiger partial charge >= 0.3 is 0 Å². The fourth-order valence-electron chi connectivity index (χ4n) is 1.30. The molecule has 0 bridgehead atoms. The minimum absolute atomic E-state index is 0.0602. The third-order valence-electron chi connectivity index (χ3n) is 2.32. The second-order valence-corrected chi connectivity index (χ2v) is 3.93. The summed E-state index contributed by atoms with van der Waals surface area (Å²) in [6.45, 7) is 6.58. The summed E-state index contributed by atoms with van der Waals surface area (Å²) < 4.78 is 0. The van der Waals surface area contributed by atoms with Crippen molar-refractivity contribution in [1.29, 1.82) is 0 Å². The fourth-order valence-corrected chi connectivity index (χ4v) is 1.30. The van der Waals surface area contributed by atoms with Crippen molar-refractivity contribution >= 4 is 0 Å². The van der Waals surface area contributed by atoms with Crippen LogP contribution in [0.3, 0.4) is 0 Å². The van der Waals surface area contributed by atoms with Crippen LogP contribution in [0.25, 0.3) is 0 Å². The van der Waals surface area contributed by atoms with Crippen LogP contribution in [0.15, 0.2) is 0 Å². The van der Waals surface area contributed by atoms with E-state index in [2.05, 4.69) is 11.8 Å². The third kappa shape index (κ3) is 6.32. The first-order chi connectivity index (χ1) is 6.61. The molecule has 4 nitrogen and oxygen atoms in total. The molecule has 1 saturated heterocycles. The number of nitrogens with zero attached hydrogens (tertiary/aromatic N) is 1. The van der Waals surface area contributed by atoms with E-state index in [9.17, 15) is 0 Å². The molecule has 86 valence electrons. The lowest BCUT2D eigenvalue weighted by atomic mass is 10.3. The van der Waals surface area contributed by atoms with Crippen molar-refractivity contribution < 1.29 is 10.2 Å². The smallest absolute Gasteiger partial charge is 0.0584 e. The van der Waals surface area contributed by atoms with Gasteiger partial charge in [-0.05, 0) is 39.8 Å². The SMILES string of the molecule is CC(CO)N1CCCC1.CC(N)CO. The number of aliphatic hydroxyl groups is 2. The van der Waals surface area contributed by atoms with E-state index in [1.54, 1.807) is 6.92 Å². The van der Waals surface area contributed by atoms with Crippen LogP contribution in [0, 0.1) is 0 Å². The second kappa shape index (κ2) is 8.17. The van der Waals surface area contributed by atoms with E-state index in [1.807, 2.05) is 0 Å². The van der Waals surface area contributed by atoms with Crippen molar-refractivity contribution in [3.05, 3.63) is 0 Å². The predicted molar refractivity (Wildman–Crippen MR) is 58.1 cm³/mol. The molecule has 0 aromatic heterocycles. The van der Waals surface area contributed by atoms with Gasteiger partial charge in [-0.3, -0.25) is 4.90 Å². The second-order valence-electron chi connectivity index (χ2n) is 3.93. The van der Waals surface area contributed by atoms with Gasteiger partial charge in [-0.15, -0.1) is 0 Å². The molecule has 4 N–H and O–H groups in total. The van der Waals surface area contributed by atoms with E-state index in [0.717, 1.165) is 0 Å². The van der Waals surface area contributed by atoms with Gasteiger partial charge in [-0.2, -0.15) is 0 Å². The van der Waals surface area contributed by atoms with E-state index in [0.29, 0.717) is 12.6 Å². The molecule has 1 fully saturated rings. The summed E-state index contributed by atoms with van der Waals surface area (Å²) >= 11 is 0. The van der Waals surface area contributed by atoms with Gasteiger partial charge in [0.15, 0.2) is 0 Å². The summed E-state index contributed by atoms with van der Waals surface area (Å²) in [5.74, 6) is 0. The number of hydrogen-bond donors (Lipinski definition) is 3. The zero-order chi connectivity index (χ0) is 11.0. The largest absolute Gasteiger partial charge is 0.395 e. The lowest BCUT2D eigenvalue weighted by Crippen LogP contribution is -2.32. The standard InChI is InChI=1S/C7H15NO.C3H9NO/c1-7(6-9)8-4-2-3-5-8;1-3(4)2-5/h7,9H,2-6H2,1H3;3,5H,2,4H2,1H3. The Kier molecular flexibility index (Phi) is 8.08. The van der Waals surface area contributed by atoms with Gasteiger partial charge in [-0.25, -0.2) is 0 Å². The van der Waals surface area contributed by atoms with E-state index in [-0.39, 0.29) is 12.6 Å². The number of likely N-dealkylation sites (tertiary alicyclic amines) is 1. The molecule has 2 unspecified atom stereocenters. The molecule has 0 amide bonds. The summed E-state index contributed by atoms with van der Waals surface area (Å²) in [4.78, 5) is 2.33. The molecular formula is C10H24N2O2. The lowest BCUT2D eigenvalue weighted by Gasteiger charge is -2.20. The first-order valence-corrected chi connectivity index (χ1v) is 5.33. The molecular weight excluding hydrogens is 180 g/mol. The Morgan fingerprint density at radius 2 is 1.57 bits per heavy atom. The summed E-state index contributed by atoms with van der Waals surface area (Å²) in [6.07, 6.45) is 2.62. The maximum Gasteiger partial charge on any atom is 0.0584 e. The van der Waals surface area contributed by atoms with Crippen LogP contribution in [0.4, 0.5) is 0 Å². The Balaban J connectivity index is 0.000000292. The van der Waals surface area contributed by atoms with Gasteiger partial charge < -0.3 is 15.9 Å². The number of nitrogens with two attached hydrogens (primary N) is 1. The molecule has 0 aliphatic carbocycles. The topological polar surface area (TPSA) is 69.7 Å². The first-order valence-electron chi connectivity index (χ1n) is 5.33. The number of hydrogen-bond acceptors (Lipinski definition) is 4. The fraction of sp³-hybridized carbons (Fsp3) is 1.00. The molecule has 4 heteroatoms. The van der Waals surface area contributed by atoms with E-state index >= 15 is 0 Å². The molecule has 0 saturated carbocycles. The molecule has 0 aromatic rings. The maximum atomic E-state index is 8.75. The van der Waals surface area contributed by atoms with Crippen molar-refractivity contribution in [3.8, 4) is 0 Å². The minimum Gasteiger partial charge on any atom is -0.395 e. The molecule has 1 rings (SSSR count).